The zero-order chi connectivity index (χ0) is 16.9. The van der Waals surface area contributed by atoms with E-state index in [0.29, 0.717) is 24.6 Å². The van der Waals surface area contributed by atoms with Gasteiger partial charge >= 0.3 is 0 Å². The topological polar surface area (TPSA) is 30.5 Å². The number of anilines is 2. The molecule has 0 heterocycles. The molecule has 3 nitrogen and oxygen atoms in total. The summed E-state index contributed by atoms with van der Waals surface area (Å²) in [7, 11) is 1.63. The van der Waals surface area contributed by atoms with E-state index in [1.165, 1.54) is 18.2 Å². The van der Waals surface area contributed by atoms with Crippen LogP contribution in [0.2, 0.25) is 0 Å². The minimum Gasteiger partial charge on any atom is -0.376 e. The van der Waals surface area contributed by atoms with Crippen LogP contribution < -0.4 is 5.32 Å². The predicted molar refractivity (Wildman–Crippen MR) is 86.8 cm³/mol. The molecule has 2 aromatic rings. The zero-order valence-electron chi connectivity index (χ0n) is 13.5. The summed E-state index contributed by atoms with van der Waals surface area (Å²) in [6.07, 6.45) is 0. The van der Waals surface area contributed by atoms with Gasteiger partial charge in [0, 0.05) is 12.8 Å². The van der Waals surface area contributed by atoms with Crippen molar-refractivity contribution in [3.05, 3.63) is 59.7 Å². The predicted octanol–water partition coefficient (Wildman–Crippen LogP) is 4.65. The lowest BCUT2D eigenvalue weighted by Crippen LogP contribution is -2.29. The van der Waals surface area contributed by atoms with Crippen molar-refractivity contribution in [2.45, 2.75) is 26.1 Å². The van der Waals surface area contributed by atoms with Crippen LogP contribution in [0.3, 0.4) is 0 Å². The zero-order valence-corrected chi connectivity index (χ0v) is 13.5. The monoisotopic (exact) mass is 321 g/mol. The highest BCUT2D eigenvalue weighted by Gasteiger charge is 2.16. The minimum absolute atomic E-state index is 0.323. The molecule has 0 radical (unpaired) electrons. The lowest BCUT2D eigenvalue weighted by molar-refractivity contribution is -0.0554. The number of hydrogen-bond donors (Lipinski definition) is 1. The van der Waals surface area contributed by atoms with Gasteiger partial charge in [-0.3, -0.25) is 0 Å². The quantitative estimate of drug-likeness (QED) is 0.805. The summed E-state index contributed by atoms with van der Waals surface area (Å²) in [5.41, 5.74) is 1.41. The maximum atomic E-state index is 13.9. The van der Waals surface area contributed by atoms with E-state index in [9.17, 15) is 8.78 Å². The van der Waals surface area contributed by atoms with Crippen LogP contribution in [0.1, 0.15) is 19.4 Å². The summed E-state index contributed by atoms with van der Waals surface area (Å²) < 4.78 is 37.7. The van der Waals surface area contributed by atoms with Crippen molar-refractivity contribution in [2.24, 2.45) is 0 Å². The molecule has 0 aliphatic heterocycles. The second-order valence-electron chi connectivity index (χ2n) is 5.90. The van der Waals surface area contributed by atoms with Crippen molar-refractivity contribution >= 4 is 11.4 Å². The second kappa shape index (κ2) is 7.53. The molecular weight excluding hydrogens is 300 g/mol. The van der Waals surface area contributed by atoms with Crippen LogP contribution in [0.15, 0.2) is 42.5 Å². The van der Waals surface area contributed by atoms with Gasteiger partial charge in [-0.05, 0) is 55.8 Å². The van der Waals surface area contributed by atoms with Gasteiger partial charge < -0.3 is 14.8 Å². The Morgan fingerprint density at radius 3 is 2.39 bits per heavy atom. The van der Waals surface area contributed by atoms with E-state index in [2.05, 4.69) is 5.32 Å². The third-order valence-corrected chi connectivity index (χ3v) is 3.42. The van der Waals surface area contributed by atoms with Crippen LogP contribution >= 0.6 is 0 Å². The Bertz CT molecular complexity index is 642. The lowest BCUT2D eigenvalue weighted by Gasteiger charge is -2.22. The molecule has 1 N–H and O–H groups in total. The first-order chi connectivity index (χ1) is 10.9. The number of halogens is 2. The van der Waals surface area contributed by atoms with E-state index in [-0.39, 0.29) is 17.2 Å². The highest BCUT2D eigenvalue weighted by Crippen LogP contribution is 2.22. The molecule has 0 saturated carbocycles. The molecule has 0 atom stereocenters. The molecule has 0 fully saturated rings. The molecule has 0 aliphatic carbocycles. The molecule has 5 heteroatoms. The van der Waals surface area contributed by atoms with E-state index >= 15 is 0 Å². The van der Waals surface area contributed by atoms with Crippen molar-refractivity contribution < 1.29 is 18.3 Å². The van der Waals surface area contributed by atoms with Gasteiger partial charge in [-0.25, -0.2) is 8.78 Å². The Morgan fingerprint density at radius 1 is 1.04 bits per heavy atom. The SMILES string of the molecule is COC(C)(C)COCc1ccc(F)c(Nc2ccc(F)cc2)c1. The fraction of sp³-hybridized carbons (Fsp3) is 0.333. The van der Waals surface area contributed by atoms with Crippen molar-refractivity contribution in [3.8, 4) is 0 Å². The number of methoxy groups -OCH3 is 1. The van der Waals surface area contributed by atoms with Crippen molar-refractivity contribution in [3.63, 3.8) is 0 Å². The summed E-state index contributed by atoms with van der Waals surface area (Å²) in [5.74, 6) is -0.714. The van der Waals surface area contributed by atoms with Gasteiger partial charge in [0.25, 0.3) is 0 Å². The van der Waals surface area contributed by atoms with Crippen molar-refractivity contribution in [1.82, 2.24) is 0 Å². The van der Waals surface area contributed by atoms with E-state index in [4.69, 9.17) is 9.47 Å². The Kier molecular flexibility index (Phi) is 5.69. The lowest BCUT2D eigenvalue weighted by atomic mass is 10.1. The molecule has 0 aliphatic rings. The molecule has 23 heavy (non-hydrogen) atoms. The van der Waals surface area contributed by atoms with Crippen LogP contribution in [0.25, 0.3) is 0 Å². The number of nitrogens with one attached hydrogen (secondary N) is 1. The first-order valence-corrected chi connectivity index (χ1v) is 7.33. The molecule has 2 aromatic carbocycles. The number of rotatable bonds is 7. The summed E-state index contributed by atoms with van der Waals surface area (Å²) in [5, 5.41) is 2.94. The van der Waals surface area contributed by atoms with Crippen LogP contribution in [-0.2, 0) is 16.1 Å². The summed E-state index contributed by atoms with van der Waals surface area (Å²) in [6.45, 7) is 4.64. The van der Waals surface area contributed by atoms with Crippen LogP contribution in [0.5, 0.6) is 0 Å². The molecule has 0 amide bonds. The highest BCUT2D eigenvalue weighted by atomic mass is 19.1. The number of benzene rings is 2. The third kappa shape index (κ3) is 5.30. The van der Waals surface area contributed by atoms with Gasteiger partial charge in [0.1, 0.15) is 11.6 Å². The number of ether oxygens (including phenoxy) is 2. The molecule has 0 saturated heterocycles. The van der Waals surface area contributed by atoms with Gasteiger partial charge in [0.15, 0.2) is 0 Å². The normalized spacial score (nSPS) is 11.5. The fourth-order valence-corrected chi connectivity index (χ4v) is 1.92. The average molecular weight is 321 g/mol. The van der Waals surface area contributed by atoms with E-state index < -0.39 is 0 Å². The average Bonchev–Trinajstić information content (AvgIpc) is 2.52. The first-order valence-electron chi connectivity index (χ1n) is 7.33. The van der Waals surface area contributed by atoms with Gasteiger partial charge in [-0.2, -0.15) is 0 Å². The largest absolute Gasteiger partial charge is 0.376 e. The highest BCUT2D eigenvalue weighted by molar-refractivity contribution is 5.60. The van der Waals surface area contributed by atoms with Crippen LogP contribution in [0, 0.1) is 11.6 Å². The van der Waals surface area contributed by atoms with E-state index in [1.807, 2.05) is 13.8 Å². The maximum absolute atomic E-state index is 13.9. The molecule has 0 unspecified atom stereocenters. The number of hydrogen-bond acceptors (Lipinski definition) is 3. The van der Waals surface area contributed by atoms with Gasteiger partial charge in [-0.15, -0.1) is 0 Å². The fourth-order valence-electron chi connectivity index (χ4n) is 1.92. The standard InChI is InChI=1S/C18H21F2NO2/c1-18(2,22-3)12-23-11-13-4-9-16(20)17(10-13)21-15-7-5-14(19)6-8-15/h4-10,21H,11-12H2,1-3H3. The Hall–Kier alpha value is -1.98. The summed E-state index contributed by atoms with van der Waals surface area (Å²) in [6, 6.07) is 10.5. The van der Waals surface area contributed by atoms with E-state index in [0.717, 1.165) is 5.56 Å². The Labute approximate surface area is 135 Å². The van der Waals surface area contributed by atoms with Crippen LogP contribution in [0.4, 0.5) is 20.2 Å². The molecule has 124 valence electrons. The molecule has 2 rings (SSSR count). The first kappa shape index (κ1) is 17.4. The third-order valence-electron chi connectivity index (χ3n) is 3.42. The Balaban J connectivity index is 2.02. The molecular formula is C18H21F2NO2. The summed E-state index contributed by atoms with van der Waals surface area (Å²) in [4.78, 5) is 0. The van der Waals surface area contributed by atoms with Gasteiger partial charge in [0.05, 0.1) is 24.5 Å². The molecule has 0 bridgehead atoms. The smallest absolute Gasteiger partial charge is 0.146 e. The maximum Gasteiger partial charge on any atom is 0.146 e. The van der Waals surface area contributed by atoms with Crippen molar-refractivity contribution in [2.75, 3.05) is 19.0 Å². The van der Waals surface area contributed by atoms with Gasteiger partial charge in [0.2, 0.25) is 0 Å². The van der Waals surface area contributed by atoms with E-state index in [1.54, 1.807) is 31.4 Å². The molecule has 0 aromatic heterocycles. The van der Waals surface area contributed by atoms with Crippen LogP contribution in [-0.4, -0.2) is 19.3 Å². The van der Waals surface area contributed by atoms with Crippen molar-refractivity contribution in [1.29, 1.82) is 0 Å². The second-order valence-corrected chi connectivity index (χ2v) is 5.90. The Morgan fingerprint density at radius 2 is 1.74 bits per heavy atom. The summed E-state index contributed by atoms with van der Waals surface area (Å²) >= 11 is 0. The molecule has 0 spiro atoms. The van der Waals surface area contributed by atoms with Gasteiger partial charge in [-0.1, -0.05) is 6.07 Å². The minimum atomic E-state index is -0.379.